The van der Waals surface area contributed by atoms with Crippen molar-refractivity contribution in [2.24, 2.45) is 12.0 Å². The maximum absolute atomic E-state index is 5.84. The van der Waals surface area contributed by atoms with Crippen LogP contribution in [0.4, 0.5) is 0 Å². The Hall–Kier alpha value is -2.76. The van der Waals surface area contributed by atoms with E-state index in [4.69, 9.17) is 4.42 Å². The first-order valence-corrected chi connectivity index (χ1v) is 8.02. The predicted octanol–water partition coefficient (Wildman–Crippen LogP) is 2.42. The summed E-state index contributed by atoms with van der Waals surface area (Å²) in [6.45, 7) is 1.53. The highest BCUT2D eigenvalue weighted by atomic mass is 16.3. The van der Waals surface area contributed by atoms with Crippen molar-refractivity contribution < 1.29 is 4.42 Å². The molecule has 3 rings (SSSR count). The molecule has 1 N–H and O–H groups in total. The third kappa shape index (κ3) is 3.76. The molecule has 0 unspecified atom stereocenters. The van der Waals surface area contributed by atoms with Gasteiger partial charge in [-0.1, -0.05) is 18.2 Å². The Bertz CT molecular complexity index is 800. The fourth-order valence-corrected chi connectivity index (χ4v) is 2.74. The van der Waals surface area contributed by atoms with Crippen molar-refractivity contribution in [1.29, 1.82) is 0 Å². The number of furan rings is 1. The van der Waals surface area contributed by atoms with Gasteiger partial charge in [-0.15, -0.1) is 0 Å². The fraction of sp³-hybridized carbons (Fsp3) is 0.333. The standard InChI is InChI=1S/C18H23N5O/c1-19-18(22(2)12-14-11-21-23(3)13-14)20-9-8-16-10-15-6-4-5-7-17(15)24-16/h4-7,10-11,13H,8-9,12H2,1-3H3,(H,19,20). The molecular formula is C18H23N5O. The number of rotatable bonds is 5. The minimum Gasteiger partial charge on any atom is -0.461 e. The highest BCUT2D eigenvalue weighted by Gasteiger charge is 2.08. The molecule has 0 spiro atoms. The first kappa shape index (κ1) is 16.1. The highest BCUT2D eigenvalue weighted by Crippen LogP contribution is 2.18. The lowest BCUT2D eigenvalue weighted by Crippen LogP contribution is -2.39. The summed E-state index contributed by atoms with van der Waals surface area (Å²) in [6, 6.07) is 10.2. The van der Waals surface area contributed by atoms with Gasteiger partial charge in [-0.25, -0.2) is 0 Å². The molecule has 1 aromatic carbocycles. The van der Waals surface area contributed by atoms with Gasteiger partial charge in [0.25, 0.3) is 0 Å². The van der Waals surface area contributed by atoms with Gasteiger partial charge in [-0.2, -0.15) is 5.10 Å². The van der Waals surface area contributed by atoms with E-state index >= 15 is 0 Å². The molecule has 0 fully saturated rings. The molecule has 3 aromatic rings. The molecule has 0 atom stereocenters. The van der Waals surface area contributed by atoms with E-state index in [0.29, 0.717) is 0 Å². The van der Waals surface area contributed by atoms with E-state index in [2.05, 4.69) is 32.4 Å². The summed E-state index contributed by atoms with van der Waals surface area (Å²) in [7, 11) is 5.73. The molecule has 6 heteroatoms. The van der Waals surface area contributed by atoms with Crippen LogP contribution in [0.2, 0.25) is 0 Å². The molecule has 6 nitrogen and oxygen atoms in total. The van der Waals surface area contributed by atoms with Gasteiger partial charge in [0.05, 0.1) is 6.20 Å². The van der Waals surface area contributed by atoms with E-state index in [1.165, 1.54) is 0 Å². The van der Waals surface area contributed by atoms with Gasteiger partial charge in [0, 0.05) is 57.8 Å². The zero-order valence-electron chi connectivity index (χ0n) is 14.4. The molecule has 126 valence electrons. The lowest BCUT2D eigenvalue weighted by molar-refractivity contribution is 0.473. The van der Waals surface area contributed by atoms with Crippen molar-refractivity contribution in [3.8, 4) is 0 Å². The van der Waals surface area contributed by atoms with Crippen LogP contribution in [0.3, 0.4) is 0 Å². The first-order valence-electron chi connectivity index (χ1n) is 8.02. The first-order chi connectivity index (χ1) is 11.7. The van der Waals surface area contributed by atoms with E-state index in [1.807, 2.05) is 44.7 Å². The van der Waals surface area contributed by atoms with Crippen molar-refractivity contribution in [3.05, 3.63) is 54.0 Å². The van der Waals surface area contributed by atoms with Crippen LogP contribution in [0.25, 0.3) is 11.0 Å². The maximum Gasteiger partial charge on any atom is 0.193 e. The van der Waals surface area contributed by atoms with Gasteiger partial charge in [0.1, 0.15) is 11.3 Å². The summed E-state index contributed by atoms with van der Waals surface area (Å²) in [4.78, 5) is 6.42. The smallest absolute Gasteiger partial charge is 0.193 e. The number of nitrogens with zero attached hydrogens (tertiary/aromatic N) is 4. The summed E-state index contributed by atoms with van der Waals surface area (Å²) in [5.74, 6) is 1.84. The minimum absolute atomic E-state index is 0.762. The van der Waals surface area contributed by atoms with E-state index in [1.54, 1.807) is 11.7 Å². The van der Waals surface area contributed by atoms with E-state index < -0.39 is 0 Å². The Morgan fingerprint density at radius 3 is 2.92 bits per heavy atom. The number of hydrogen-bond donors (Lipinski definition) is 1. The van der Waals surface area contributed by atoms with Crippen LogP contribution in [0.5, 0.6) is 0 Å². The summed E-state index contributed by atoms with van der Waals surface area (Å²) in [5, 5.41) is 8.72. The Kier molecular flexibility index (Phi) is 4.84. The molecule has 0 radical (unpaired) electrons. The molecule has 0 amide bonds. The number of guanidine groups is 1. The number of benzene rings is 1. The second kappa shape index (κ2) is 7.21. The normalized spacial score (nSPS) is 11.9. The van der Waals surface area contributed by atoms with Gasteiger partial charge >= 0.3 is 0 Å². The quantitative estimate of drug-likeness (QED) is 0.578. The largest absolute Gasteiger partial charge is 0.461 e. The van der Waals surface area contributed by atoms with Crippen LogP contribution < -0.4 is 5.32 Å². The number of fused-ring (bicyclic) bond motifs is 1. The SMILES string of the molecule is CN=C(NCCc1cc2ccccc2o1)N(C)Cc1cnn(C)c1. The Balaban J connectivity index is 1.53. The molecule has 0 saturated carbocycles. The molecular weight excluding hydrogens is 302 g/mol. The minimum atomic E-state index is 0.762. The van der Waals surface area contributed by atoms with Crippen molar-refractivity contribution in [2.45, 2.75) is 13.0 Å². The van der Waals surface area contributed by atoms with E-state index in [0.717, 1.165) is 47.8 Å². The molecule has 0 aliphatic carbocycles. The Morgan fingerprint density at radius 1 is 1.38 bits per heavy atom. The number of para-hydroxylation sites is 1. The monoisotopic (exact) mass is 325 g/mol. The third-order valence-corrected chi connectivity index (χ3v) is 3.88. The average Bonchev–Trinajstić information content (AvgIpc) is 3.16. The topological polar surface area (TPSA) is 58.6 Å². The van der Waals surface area contributed by atoms with Crippen molar-refractivity contribution in [2.75, 3.05) is 20.6 Å². The molecule has 2 aromatic heterocycles. The number of aryl methyl sites for hydroxylation is 1. The van der Waals surface area contributed by atoms with Gasteiger partial charge in [-0.3, -0.25) is 9.67 Å². The maximum atomic E-state index is 5.84. The molecule has 0 saturated heterocycles. The summed E-state index contributed by atoms with van der Waals surface area (Å²) in [6.07, 6.45) is 4.70. The van der Waals surface area contributed by atoms with Crippen molar-refractivity contribution >= 4 is 16.9 Å². The summed E-state index contributed by atoms with van der Waals surface area (Å²) in [5.41, 5.74) is 2.09. The van der Waals surface area contributed by atoms with E-state index in [9.17, 15) is 0 Å². The van der Waals surface area contributed by atoms with Crippen LogP contribution in [0.1, 0.15) is 11.3 Å². The van der Waals surface area contributed by atoms with Crippen LogP contribution in [0, 0.1) is 0 Å². The third-order valence-electron chi connectivity index (χ3n) is 3.88. The van der Waals surface area contributed by atoms with Gasteiger partial charge in [-0.05, 0) is 12.1 Å². The van der Waals surface area contributed by atoms with Gasteiger partial charge in [0.15, 0.2) is 5.96 Å². The number of hydrogen-bond acceptors (Lipinski definition) is 3. The van der Waals surface area contributed by atoms with Crippen LogP contribution in [-0.4, -0.2) is 41.3 Å². The van der Waals surface area contributed by atoms with Crippen LogP contribution in [0.15, 0.2) is 52.1 Å². The highest BCUT2D eigenvalue weighted by molar-refractivity contribution is 5.80. The predicted molar refractivity (Wildman–Crippen MR) is 96.0 cm³/mol. The van der Waals surface area contributed by atoms with Crippen molar-refractivity contribution in [3.63, 3.8) is 0 Å². The second-order valence-corrected chi connectivity index (χ2v) is 5.85. The summed E-state index contributed by atoms with van der Waals surface area (Å²) < 4.78 is 7.64. The van der Waals surface area contributed by atoms with Crippen molar-refractivity contribution in [1.82, 2.24) is 20.0 Å². The molecule has 0 aliphatic heterocycles. The molecule has 2 heterocycles. The zero-order valence-corrected chi connectivity index (χ0v) is 14.4. The molecule has 0 aliphatic rings. The summed E-state index contributed by atoms with van der Waals surface area (Å²) >= 11 is 0. The Labute approximate surface area is 141 Å². The number of nitrogens with one attached hydrogen (secondary N) is 1. The van der Waals surface area contributed by atoms with Gasteiger partial charge < -0.3 is 14.6 Å². The van der Waals surface area contributed by atoms with Crippen LogP contribution in [-0.2, 0) is 20.0 Å². The molecule has 0 bridgehead atoms. The lowest BCUT2D eigenvalue weighted by Gasteiger charge is -2.21. The fourth-order valence-electron chi connectivity index (χ4n) is 2.74. The Morgan fingerprint density at radius 2 is 2.21 bits per heavy atom. The average molecular weight is 325 g/mol. The van der Waals surface area contributed by atoms with Gasteiger partial charge in [0.2, 0.25) is 0 Å². The van der Waals surface area contributed by atoms with Crippen LogP contribution >= 0.6 is 0 Å². The molecule has 24 heavy (non-hydrogen) atoms. The zero-order chi connectivity index (χ0) is 16.9. The van der Waals surface area contributed by atoms with E-state index in [-0.39, 0.29) is 0 Å². The number of aromatic nitrogens is 2. The number of aliphatic imine (C=N–C) groups is 1. The second-order valence-electron chi connectivity index (χ2n) is 5.85. The lowest BCUT2D eigenvalue weighted by atomic mass is 10.2.